The molecule has 0 radical (unpaired) electrons. The fourth-order valence-electron chi connectivity index (χ4n) is 3.36. The average molecular weight is 258 g/mol. The summed E-state index contributed by atoms with van der Waals surface area (Å²) in [5.41, 5.74) is 4.38. The molecule has 0 spiro atoms. The van der Waals surface area contributed by atoms with Gasteiger partial charge in [0.15, 0.2) is 0 Å². The van der Waals surface area contributed by atoms with E-state index < -0.39 is 0 Å². The van der Waals surface area contributed by atoms with Gasteiger partial charge in [-0.15, -0.1) is 0 Å². The molecular weight excluding hydrogens is 232 g/mol. The Kier molecular flexibility index (Phi) is 4.39. The molecule has 0 bridgehead atoms. The van der Waals surface area contributed by atoms with Crippen LogP contribution in [0.2, 0.25) is 0 Å². The van der Waals surface area contributed by atoms with Crippen LogP contribution in [0, 0.1) is 0 Å². The number of anilines is 1. The third kappa shape index (κ3) is 3.50. The van der Waals surface area contributed by atoms with Crippen LogP contribution >= 0.6 is 0 Å². The van der Waals surface area contributed by atoms with Crippen molar-refractivity contribution >= 4 is 5.69 Å². The van der Waals surface area contributed by atoms with Crippen LogP contribution in [0.4, 0.5) is 5.69 Å². The number of hydrogen-bond donors (Lipinski definition) is 1. The molecule has 0 saturated carbocycles. The van der Waals surface area contributed by atoms with Crippen molar-refractivity contribution in [1.82, 2.24) is 4.90 Å². The number of benzene rings is 1. The van der Waals surface area contributed by atoms with Crippen molar-refractivity contribution < 1.29 is 0 Å². The van der Waals surface area contributed by atoms with Crippen LogP contribution < -0.4 is 5.32 Å². The molecule has 2 nitrogen and oxygen atoms in total. The van der Waals surface area contributed by atoms with Crippen molar-refractivity contribution in [3.05, 3.63) is 29.3 Å². The molecule has 2 heterocycles. The van der Waals surface area contributed by atoms with E-state index in [1.165, 1.54) is 81.4 Å². The van der Waals surface area contributed by atoms with Crippen molar-refractivity contribution in [2.75, 3.05) is 31.5 Å². The normalized spacial score (nSPS) is 19.8. The summed E-state index contributed by atoms with van der Waals surface area (Å²) in [6.07, 6.45) is 9.42. The number of rotatable bonds is 4. The Morgan fingerprint density at radius 3 is 2.74 bits per heavy atom. The molecular formula is C17H26N2. The van der Waals surface area contributed by atoms with Crippen LogP contribution in [0.3, 0.4) is 0 Å². The lowest BCUT2D eigenvalue weighted by Gasteiger charge is -2.19. The van der Waals surface area contributed by atoms with E-state index in [9.17, 15) is 0 Å². The first-order valence-electron chi connectivity index (χ1n) is 8.00. The molecule has 0 atom stereocenters. The highest BCUT2D eigenvalue weighted by molar-refractivity contribution is 5.57. The highest BCUT2D eigenvalue weighted by atomic mass is 15.1. The smallest absolute Gasteiger partial charge is 0.0376 e. The summed E-state index contributed by atoms with van der Waals surface area (Å²) in [4.78, 5) is 2.67. The molecule has 0 unspecified atom stereocenters. The van der Waals surface area contributed by atoms with Gasteiger partial charge in [-0.2, -0.15) is 0 Å². The first-order valence-corrected chi connectivity index (χ1v) is 8.00. The molecule has 0 aromatic heterocycles. The number of hydrogen-bond acceptors (Lipinski definition) is 2. The molecule has 1 fully saturated rings. The molecule has 1 aromatic carbocycles. The van der Waals surface area contributed by atoms with Gasteiger partial charge in [-0.3, -0.25) is 0 Å². The van der Waals surface area contributed by atoms with Gasteiger partial charge in [-0.05, 0) is 68.9 Å². The van der Waals surface area contributed by atoms with Gasteiger partial charge in [0.2, 0.25) is 0 Å². The second-order valence-corrected chi connectivity index (χ2v) is 6.03. The first-order chi connectivity index (χ1) is 9.42. The largest absolute Gasteiger partial charge is 0.384 e. The van der Waals surface area contributed by atoms with E-state index in [-0.39, 0.29) is 0 Å². The molecule has 0 amide bonds. The van der Waals surface area contributed by atoms with Gasteiger partial charge in [0.1, 0.15) is 0 Å². The maximum absolute atomic E-state index is 3.48. The highest BCUT2D eigenvalue weighted by Gasteiger charge is 2.11. The lowest BCUT2D eigenvalue weighted by atomic mass is 10.1. The van der Waals surface area contributed by atoms with Crippen LogP contribution in [0.15, 0.2) is 18.2 Å². The maximum Gasteiger partial charge on any atom is 0.0376 e. The fourth-order valence-corrected chi connectivity index (χ4v) is 3.36. The van der Waals surface area contributed by atoms with Crippen LogP contribution in [0.25, 0.3) is 0 Å². The minimum Gasteiger partial charge on any atom is -0.384 e. The molecule has 19 heavy (non-hydrogen) atoms. The SMILES string of the molecule is c1cc2c(cc1CCCN1CCCCCC1)NCC2. The summed E-state index contributed by atoms with van der Waals surface area (Å²) in [5.74, 6) is 0. The number of nitrogens with zero attached hydrogens (tertiary/aromatic N) is 1. The summed E-state index contributed by atoms with van der Waals surface area (Å²) in [5, 5.41) is 3.48. The van der Waals surface area contributed by atoms with Gasteiger partial charge in [0.05, 0.1) is 0 Å². The topological polar surface area (TPSA) is 15.3 Å². The summed E-state index contributed by atoms with van der Waals surface area (Å²) in [6.45, 7) is 5.05. The number of aryl methyl sites for hydroxylation is 1. The zero-order valence-electron chi connectivity index (χ0n) is 12.0. The number of nitrogens with one attached hydrogen (secondary N) is 1. The van der Waals surface area contributed by atoms with Crippen LogP contribution in [-0.4, -0.2) is 31.1 Å². The maximum atomic E-state index is 3.48. The van der Waals surface area contributed by atoms with E-state index >= 15 is 0 Å². The summed E-state index contributed by atoms with van der Waals surface area (Å²) < 4.78 is 0. The van der Waals surface area contributed by atoms with Gasteiger partial charge in [0.25, 0.3) is 0 Å². The number of likely N-dealkylation sites (tertiary alicyclic amines) is 1. The Hall–Kier alpha value is -1.02. The van der Waals surface area contributed by atoms with Gasteiger partial charge in [-0.1, -0.05) is 25.0 Å². The van der Waals surface area contributed by atoms with Gasteiger partial charge in [0, 0.05) is 12.2 Å². The van der Waals surface area contributed by atoms with Gasteiger partial charge in [-0.25, -0.2) is 0 Å². The lowest BCUT2D eigenvalue weighted by Crippen LogP contribution is -2.26. The zero-order valence-corrected chi connectivity index (χ0v) is 12.0. The molecule has 1 N–H and O–H groups in total. The standard InChI is InChI=1S/C17H26N2/c1-2-4-12-19(11-3-1)13-5-6-15-7-8-16-9-10-18-17(16)14-15/h7-8,14,18H,1-6,9-13H2. The Morgan fingerprint density at radius 1 is 1.05 bits per heavy atom. The Labute approximate surface area is 117 Å². The third-order valence-corrected chi connectivity index (χ3v) is 4.52. The zero-order chi connectivity index (χ0) is 12.9. The van der Waals surface area contributed by atoms with Gasteiger partial charge < -0.3 is 10.2 Å². The average Bonchev–Trinajstić information content (AvgIpc) is 2.74. The third-order valence-electron chi connectivity index (χ3n) is 4.52. The fraction of sp³-hybridized carbons (Fsp3) is 0.647. The molecule has 2 aliphatic heterocycles. The first kappa shape index (κ1) is 13.0. The predicted molar refractivity (Wildman–Crippen MR) is 81.9 cm³/mol. The molecule has 3 rings (SSSR count). The quantitative estimate of drug-likeness (QED) is 0.889. The van der Waals surface area contributed by atoms with E-state index in [0.29, 0.717) is 0 Å². The van der Waals surface area contributed by atoms with Crippen molar-refractivity contribution in [1.29, 1.82) is 0 Å². The second kappa shape index (κ2) is 6.42. The van der Waals surface area contributed by atoms with Crippen LogP contribution in [-0.2, 0) is 12.8 Å². The van der Waals surface area contributed by atoms with E-state index in [1.807, 2.05) is 0 Å². The molecule has 2 aliphatic rings. The number of fused-ring (bicyclic) bond motifs is 1. The second-order valence-electron chi connectivity index (χ2n) is 6.03. The van der Waals surface area contributed by atoms with E-state index in [1.54, 1.807) is 0 Å². The minimum absolute atomic E-state index is 1.12. The molecule has 104 valence electrons. The van der Waals surface area contributed by atoms with Crippen molar-refractivity contribution in [3.63, 3.8) is 0 Å². The minimum atomic E-state index is 1.12. The highest BCUT2D eigenvalue weighted by Crippen LogP contribution is 2.23. The van der Waals surface area contributed by atoms with E-state index in [4.69, 9.17) is 0 Å². The van der Waals surface area contributed by atoms with Crippen LogP contribution in [0.5, 0.6) is 0 Å². The summed E-state index contributed by atoms with van der Waals surface area (Å²) in [6, 6.07) is 7.01. The molecule has 0 aliphatic carbocycles. The van der Waals surface area contributed by atoms with Crippen molar-refractivity contribution in [3.8, 4) is 0 Å². The molecule has 1 aromatic rings. The summed E-state index contributed by atoms with van der Waals surface area (Å²) in [7, 11) is 0. The Morgan fingerprint density at radius 2 is 1.89 bits per heavy atom. The van der Waals surface area contributed by atoms with E-state index in [2.05, 4.69) is 28.4 Å². The predicted octanol–water partition coefficient (Wildman–Crippen LogP) is 3.46. The monoisotopic (exact) mass is 258 g/mol. The molecule has 2 heteroatoms. The molecule has 1 saturated heterocycles. The Bertz CT molecular complexity index is 406. The van der Waals surface area contributed by atoms with Crippen molar-refractivity contribution in [2.45, 2.75) is 44.9 Å². The van der Waals surface area contributed by atoms with Crippen molar-refractivity contribution in [2.24, 2.45) is 0 Å². The van der Waals surface area contributed by atoms with E-state index in [0.717, 1.165) is 6.54 Å². The van der Waals surface area contributed by atoms with Gasteiger partial charge >= 0.3 is 0 Å². The Balaban J connectivity index is 1.46. The van der Waals surface area contributed by atoms with Crippen LogP contribution in [0.1, 0.15) is 43.2 Å². The summed E-state index contributed by atoms with van der Waals surface area (Å²) >= 11 is 0. The lowest BCUT2D eigenvalue weighted by molar-refractivity contribution is 0.281.